The van der Waals surface area contributed by atoms with Crippen LogP contribution in [0.15, 0.2) is 18.3 Å². The fourth-order valence-corrected chi connectivity index (χ4v) is 2.44. The van der Waals surface area contributed by atoms with Crippen LogP contribution >= 0.6 is 0 Å². The number of esters is 1. The fourth-order valence-electron chi connectivity index (χ4n) is 2.44. The maximum absolute atomic E-state index is 11.7. The van der Waals surface area contributed by atoms with Crippen LogP contribution in [0.4, 0.5) is 5.82 Å². The number of likely N-dealkylation sites (tertiary alicyclic amines) is 1. The average Bonchev–Trinajstić information content (AvgIpc) is 2.90. The van der Waals surface area contributed by atoms with Crippen molar-refractivity contribution in [3.05, 3.63) is 29.5 Å². The first-order valence-corrected chi connectivity index (χ1v) is 7.71. The highest BCUT2D eigenvalue weighted by Gasteiger charge is 2.15. The van der Waals surface area contributed by atoms with E-state index < -0.39 is 5.60 Å². The Labute approximate surface area is 132 Å². The summed E-state index contributed by atoms with van der Waals surface area (Å²) in [5.74, 6) is 0.201. The molecule has 1 aliphatic rings. The van der Waals surface area contributed by atoms with Gasteiger partial charge in [0.25, 0.3) is 0 Å². The monoisotopic (exact) mass is 303 g/mol. The lowest BCUT2D eigenvalue weighted by Gasteiger charge is -2.18. The van der Waals surface area contributed by atoms with Crippen molar-refractivity contribution in [2.75, 3.05) is 18.8 Å². The quantitative estimate of drug-likeness (QED) is 0.684. The maximum Gasteiger partial charge on any atom is 0.331 e. The van der Waals surface area contributed by atoms with Crippen LogP contribution in [0.3, 0.4) is 0 Å². The molecule has 0 aliphatic carbocycles. The van der Waals surface area contributed by atoms with Gasteiger partial charge in [0.15, 0.2) is 0 Å². The molecule has 0 radical (unpaired) electrons. The SMILES string of the molecule is CC(C)(C)OC(=O)/C=C/c1cnc(N)c(CN2CCCC2)c1. The van der Waals surface area contributed by atoms with Crippen molar-refractivity contribution < 1.29 is 9.53 Å². The molecule has 5 nitrogen and oxygen atoms in total. The van der Waals surface area contributed by atoms with Crippen molar-refractivity contribution in [2.24, 2.45) is 0 Å². The Morgan fingerprint density at radius 1 is 1.41 bits per heavy atom. The van der Waals surface area contributed by atoms with E-state index in [0.717, 1.165) is 30.8 Å². The van der Waals surface area contributed by atoms with Crippen molar-refractivity contribution >= 4 is 17.9 Å². The second-order valence-corrected chi connectivity index (χ2v) is 6.66. The van der Waals surface area contributed by atoms with E-state index in [9.17, 15) is 4.79 Å². The molecule has 5 heteroatoms. The molecule has 1 aromatic rings. The Bertz CT molecular complexity index is 556. The maximum atomic E-state index is 11.7. The molecule has 2 heterocycles. The molecular formula is C17H25N3O2. The van der Waals surface area contributed by atoms with Crippen LogP contribution in [0.25, 0.3) is 6.08 Å². The Morgan fingerprint density at radius 3 is 2.73 bits per heavy atom. The second kappa shape index (κ2) is 6.92. The zero-order valence-electron chi connectivity index (χ0n) is 13.6. The summed E-state index contributed by atoms with van der Waals surface area (Å²) in [7, 11) is 0. The smallest absolute Gasteiger partial charge is 0.331 e. The number of anilines is 1. The van der Waals surface area contributed by atoms with Crippen LogP contribution in [-0.2, 0) is 16.1 Å². The number of aromatic nitrogens is 1. The van der Waals surface area contributed by atoms with Gasteiger partial charge in [-0.2, -0.15) is 0 Å². The van der Waals surface area contributed by atoms with Gasteiger partial charge < -0.3 is 10.5 Å². The van der Waals surface area contributed by atoms with Gasteiger partial charge in [0.1, 0.15) is 11.4 Å². The van der Waals surface area contributed by atoms with Crippen LogP contribution in [0.1, 0.15) is 44.7 Å². The Kier molecular flexibility index (Phi) is 5.19. The number of carbonyl (C=O) groups excluding carboxylic acids is 1. The molecule has 22 heavy (non-hydrogen) atoms. The van der Waals surface area contributed by atoms with Gasteiger partial charge in [-0.15, -0.1) is 0 Å². The van der Waals surface area contributed by atoms with Crippen LogP contribution in [0, 0.1) is 0 Å². The number of nitrogen functional groups attached to an aromatic ring is 1. The van der Waals surface area contributed by atoms with Gasteiger partial charge in [-0.05, 0) is 64.4 Å². The molecule has 0 saturated carbocycles. The summed E-state index contributed by atoms with van der Waals surface area (Å²) in [5, 5.41) is 0. The Balaban J connectivity index is 2.03. The topological polar surface area (TPSA) is 68.4 Å². The van der Waals surface area contributed by atoms with Crippen LogP contribution in [-0.4, -0.2) is 34.5 Å². The summed E-state index contributed by atoms with van der Waals surface area (Å²) in [6, 6.07) is 1.99. The predicted octanol–water partition coefficient (Wildman–Crippen LogP) is 2.61. The van der Waals surface area contributed by atoms with Gasteiger partial charge >= 0.3 is 5.97 Å². The van der Waals surface area contributed by atoms with Crippen molar-refractivity contribution in [3.63, 3.8) is 0 Å². The van der Waals surface area contributed by atoms with E-state index in [0.29, 0.717) is 5.82 Å². The first-order valence-electron chi connectivity index (χ1n) is 7.71. The van der Waals surface area contributed by atoms with E-state index >= 15 is 0 Å². The van der Waals surface area contributed by atoms with Gasteiger partial charge in [-0.25, -0.2) is 9.78 Å². The minimum atomic E-state index is -0.484. The summed E-state index contributed by atoms with van der Waals surface area (Å²) in [6.45, 7) is 8.56. The van der Waals surface area contributed by atoms with E-state index in [2.05, 4.69) is 9.88 Å². The van der Waals surface area contributed by atoms with Gasteiger partial charge in [0, 0.05) is 24.4 Å². The van der Waals surface area contributed by atoms with E-state index in [1.54, 1.807) is 12.3 Å². The van der Waals surface area contributed by atoms with Crippen molar-refractivity contribution in [1.29, 1.82) is 0 Å². The lowest BCUT2D eigenvalue weighted by molar-refractivity contribution is -0.148. The molecule has 2 rings (SSSR count). The Morgan fingerprint density at radius 2 is 2.09 bits per heavy atom. The molecule has 120 valence electrons. The summed E-state index contributed by atoms with van der Waals surface area (Å²) >= 11 is 0. The first-order chi connectivity index (χ1) is 10.3. The molecule has 0 amide bonds. The van der Waals surface area contributed by atoms with Gasteiger partial charge in [0.05, 0.1) is 0 Å². The van der Waals surface area contributed by atoms with E-state index in [-0.39, 0.29) is 5.97 Å². The van der Waals surface area contributed by atoms with Crippen molar-refractivity contribution in [3.8, 4) is 0 Å². The third-order valence-corrected chi connectivity index (χ3v) is 3.43. The molecule has 0 unspecified atom stereocenters. The Hall–Kier alpha value is -1.88. The number of ether oxygens (including phenoxy) is 1. The predicted molar refractivity (Wildman–Crippen MR) is 88.0 cm³/mol. The number of rotatable bonds is 4. The molecule has 0 spiro atoms. The van der Waals surface area contributed by atoms with Gasteiger partial charge in [0.2, 0.25) is 0 Å². The van der Waals surface area contributed by atoms with Gasteiger partial charge in [-0.3, -0.25) is 4.90 Å². The number of pyridine rings is 1. The molecule has 1 aliphatic heterocycles. The highest BCUT2D eigenvalue weighted by Crippen LogP contribution is 2.18. The molecule has 0 bridgehead atoms. The number of nitrogens with two attached hydrogens (primary N) is 1. The summed E-state index contributed by atoms with van der Waals surface area (Å²) in [4.78, 5) is 18.3. The lowest BCUT2D eigenvalue weighted by atomic mass is 10.1. The highest BCUT2D eigenvalue weighted by atomic mass is 16.6. The second-order valence-electron chi connectivity index (χ2n) is 6.66. The van der Waals surface area contributed by atoms with E-state index in [1.165, 1.54) is 18.9 Å². The van der Waals surface area contributed by atoms with Crippen molar-refractivity contribution in [2.45, 2.75) is 45.8 Å². The largest absolute Gasteiger partial charge is 0.457 e. The summed E-state index contributed by atoms with van der Waals surface area (Å²) < 4.78 is 5.24. The zero-order chi connectivity index (χ0) is 16.2. The van der Waals surface area contributed by atoms with Crippen molar-refractivity contribution in [1.82, 2.24) is 9.88 Å². The molecular weight excluding hydrogens is 278 g/mol. The fraction of sp³-hybridized carbons (Fsp3) is 0.529. The molecule has 1 saturated heterocycles. The first kappa shape index (κ1) is 16.5. The number of hydrogen-bond acceptors (Lipinski definition) is 5. The van der Waals surface area contributed by atoms with Crippen LogP contribution in [0.5, 0.6) is 0 Å². The number of hydrogen-bond donors (Lipinski definition) is 1. The zero-order valence-corrected chi connectivity index (χ0v) is 13.6. The number of nitrogens with zero attached hydrogens (tertiary/aromatic N) is 2. The third kappa shape index (κ3) is 5.15. The normalized spacial score (nSPS) is 16.3. The molecule has 1 fully saturated rings. The lowest BCUT2D eigenvalue weighted by Crippen LogP contribution is -2.22. The van der Waals surface area contributed by atoms with Crippen LogP contribution in [0.2, 0.25) is 0 Å². The van der Waals surface area contributed by atoms with E-state index in [4.69, 9.17) is 10.5 Å². The average molecular weight is 303 g/mol. The minimum absolute atomic E-state index is 0.356. The van der Waals surface area contributed by atoms with Gasteiger partial charge in [-0.1, -0.05) is 0 Å². The third-order valence-electron chi connectivity index (χ3n) is 3.43. The summed E-state index contributed by atoms with van der Waals surface area (Å²) in [6.07, 6.45) is 7.30. The number of carbonyl (C=O) groups is 1. The standard InChI is InChI=1S/C17H25N3O2/c1-17(2,3)22-15(21)7-6-13-10-14(16(18)19-11-13)12-20-8-4-5-9-20/h6-7,10-11H,4-5,8-9,12H2,1-3H3,(H2,18,19)/b7-6+. The van der Waals surface area contributed by atoms with E-state index in [1.807, 2.05) is 26.8 Å². The highest BCUT2D eigenvalue weighted by molar-refractivity contribution is 5.87. The minimum Gasteiger partial charge on any atom is -0.457 e. The molecule has 0 atom stereocenters. The molecule has 0 aromatic carbocycles. The van der Waals surface area contributed by atoms with Crippen LogP contribution < -0.4 is 5.73 Å². The molecule has 2 N–H and O–H groups in total. The summed E-state index contributed by atoms with van der Waals surface area (Å²) in [5.41, 5.74) is 7.33. The molecule has 1 aromatic heterocycles.